The summed E-state index contributed by atoms with van der Waals surface area (Å²) in [4.78, 5) is 36.0. The Morgan fingerprint density at radius 1 is 1.12 bits per heavy atom. The average Bonchev–Trinajstić information content (AvgIpc) is 3.23. The minimum atomic E-state index is -1.17. The molecule has 1 saturated heterocycles. The van der Waals surface area contributed by atoms with Gasteiger partial charge in [0.25, 0.3) is 5.56 Å². The first-order valence-corrected chi connectivity index (χ1v) is 11.3. The molecule has 1 aliphatic rings. The molecule has 10 heteroatoms. The van der Waals surface area contributed by atoms with Gasteiger partial charge in [0.05, 0.1) is 18.8 Å². The zero-order valence-electron chi connectivity index (χ0n) is 20.2. The van der Waals surface area contributed by atoms with Crippen LogP contribution in [0, 0.1) is 0 Å². The number of likely N-dealkylation sites (tertiary alicyclic amines) is 1. The van der Waals surface area contributed by atoms with Crippen molar-refractivity contribution in [2.24, 2.45) is 0 Å². The summed E-state index contributed by atoms with van der Waals surface area (Å²) in [6.45, 7) is 7.92. The van der Waals surface area contributed by atoms with Crippen molar-refractivity contribution in [3.63, 3.8) is 0 Å². The first kappa shape index (κ1) is 23.7. The number of hydrogen-bond donors (Lipinski definition) is 1. The molecule has 0 saturated carbocycles. The maximum absolute atomic E-state index is 13.3. The van der Waals surface area contributed by atoms with Gasteiger partial charge in [-0.3, -0.25) is 13.9 Å². The molecule has 3 heterocycles. The summed E-state index contributed by atoms with van der Waals surface area (Å²) in [5, 5.41) is 11.4. The Kier molecular flexibility index (Phi) is 6.11. The quantitative estimate of drug-likeness (QED) is 0.625. The van der Waals surface area contributed by atoms with Crippen LogP contribution in [-0.4, -0.2) is 66.6 Å². The molecule has 0 spiro atoms. The second-order valence-corrected chi connectivity index (χ2v) is 9.69. The van der Waals surface area contributed by atoms with Crippen LogP contribution in [0.3, 0.4) is 0 Å². The van der Waals surface area contributed by atoms with Gasteiger partial charge in [0.15, 0.2) is 11.2 Å². The number of rotatable bonds is 4. The largest absolute Gasteiger partial charge is 0.497 e. The number of benzene rings is 1. The van der Waals surface area contributed by atoms with E-state index in [2.05, 4.69) is 9.97 Å². The zero-order chi connectivity index (χ0) is 24.7. The number of carbonyl (C=O) groups excluding carboxylic acids is 1. The molecule has 10 nitrogen and oxygen atoms in total. The molecule has 4 rings (SSSR count). The molecule has 3 aromatic rings. The van der Waals surface area contributed by atoms with Gasteiger partial charge in [0.2, 0.25) is 0 Å². The number of methoxy groups -OCH3 is 1. The second-order valence-electron chi connectivity index (χ2n) is 9.69. The number of aromatic nitrogens is 4. The summed E-state index contributed by atoms with van der Waals surface area (Å²) >= 11 is 0. The second kappa shape index (κ2) is 8.75. The van der Waals surface area contributed by atoms with E-state index in [4.69, 9.17) is 9.47 Å². The van der Waals surface area contributed by atoms with E-state index in [1.54, 1.807) is 29.8 Å². The van der Waals surface area contributed by atoms with Crippen LogP contribution < -0.4 is 10.3 Å². The number of carbonyl (C=O) groups is 1. The lowest BCUT2D eigenvalue weighted by atomic mass is 9.85. The molecule has 1 aliphatic heterocycles. The highest BCUT2D eigenvalue weighted by Gasteiger charge is 2.41. The summed E-state index contributed by atoms with van der Waals surface area (Å²) in [5.74, 6) is 0.725. The monoisotopic (exact) mass is 469 g/mol. The molecule has 0 aliphatic carbocycles. The van der Waals surface area contributed by atoms with Crippen LogP contribution >= 0.6 is 0 Å². The highest BCUT2D eigenvalue weighted by molar-refractivity contribution is 5.71. The Hall–Kier alpha value is -3.40. The lowest BCUT2D eigenvalue weighted by molar-refractivity contribution is -0.0607. The van der Waals surface area contributed by atoms with E-state index in [0.29, 0.717) is 31.6 Å². The molecule has 1 N–H and O–H groups in total. The number of nitrogens with zero attached hydrogens (tertiary/aromatic N) is 5. The van der Waals surface area contributed by atoms with Gasteiger partial charge in [0.1, 0.15) is 24.0 Å². The van der Waals surface area contributed by atoms with Crippen molar-refractivity contribution in [3.05, 3.63) is 47.3 Å². The average molecular weight is 470 g/mol. The molecule has 1 aromatic carbocycles. The van der Waals surface area contributed by atoms with Gasteiger partial charge in [-0.25, -0.2) is 14.8 Å². The van der Waals surface area contributed by atoms with Crippen LogP contribution in [0.15, 0.2) is 41.7 Å². The SMILES string of the molecule is COc1ccc(-n2cnc3c(=O)n(C(C)C4(O)CCN(C(=O)OC(C)(C)C)CC4)cnc32)cc1. The molecule has 1 unspecified atom stereocenters. The summed E-state index contributed by atoms with van der Waals surface area (Å²) in [7, 11) is 1.60. The third-order valence-corrected chi connectivity index (χ3v) is 6.31. The summed E-state index contributed by atoms with van der Waals surface area (Å²) in [6.07, 6.45) is 3.25. The number of piperidine rings is 1. The van der Waals surface area contributed by atoms with Gasteiger partial charge in [-0.2, -0.15) is 0 Å². The van der Waals surface area contributed by atoms with Gasteiger partial charge in [-0.1, -0.05) is 0 Å². The van der Waals surface area contributed by atoms with E-state index in [1.807, 2.05) is 45.0 Å². The number of ether oxygens (including phenoxy) is 2. The summed E-state index contributed by atoms with van der Waals surface area (Å²) in [6, 6.07) is 6.81. The Morgan fingerprint density at radius 3 is 2.35 bits per heavy atom. The van der Waals surface area contributed by atoms with E-state index in [1.165, 1.54) is 10.9 Å². The lowest BCUT2D eigenvalue weighted by Crippen LogP contribution is -2.52. The zero-order valence-corrected chi connectivity index (χ0v) is 20.2. The fourth-order valence-electron chi connectivity index (χ4n) is 4.20. The lowest BCUT2D eigenvalue weighted by Gasteiger charge is -2.42. The van der Waals surface area contributed by atoms with Crippen molar-refractivity contribution in [2.75, 3.05) is 20.2 Å². The third kappa shape index (κ3) is 4.50. The van der Waals surface area contributed by atoms with E-state index in [-0.39, 0.29) is 11.1 Å². The molecule has 182 valence electrons. The summed E-state index contributed by atoms with van der Waals surface area (Å²) < 4.78 is 13.8. The smallest absolute Gasteiger partial charge is 0.410 e. The van der Waals surface area contributed by atoms with E-state index < -0.39 is 23.3 Å². The fourth-order valence-corrected chi connectivity index (χ4v) is 4.20. The molecule has 0 bridgehead atoms. The Morgan fingerprint density at radius 2 is 1.76 bits per heavy atom. The molecule has 2 aromatic heterocycles. The maximum atomic E-state index is 13.3. The summed E-state index contributed by atoms with van der Waals surface area (Å²) in [5.41, 5.74) is -0.620. The minimum Gasteiger partial charge on any atom is -0.497 e. The molecule has 34 heavy (non-hydrogen) atoms. The van der Waals surface area contributed by atoms with Crippen LogP contribution in [-0.2, 0) is 4.74 Å². The highest BCUT2D eigenvalue weighted by Crippen LogP contribution is 2.33. The van der Waals surface area contributed by atoms with Crippen molar-refractivity contribution >= 4 is 17.3 Å². The van der Waals surface area contributed by atoms with Crippen LogP contribution in [0.1, 0.15) is 46.6 Å². The standard InChI is InChI=1S/C24H31N5O5/c1-16(24(32)10-12-27(13-11-24)22(31)34-23(2,3)4)28-15-26-20-19(21(28)30)25-14-29(20)17-6-8-18(33-5)9-7-17/h6-9,14-16,32H,10-13H2,1-5H3. The number of aliphatic hydroxyl groups is 1. The first-order valence-electron chi connectivity index (χ1n) is 11.3. The Labute approximate surface area is 197 Å². The van der Waals surface area contributed by atoms with Crippen molar-refractivity contribution in [3.8, 4) is 11.4 Å². The van der Waals surface area contributed by atoms with Gasteiger partial charge < -0.3 is 19.5 Å². The normalized spacial score (nSPS) is 16.9. The predicted molar refractivity (Wildman–Crippen MR) is 126 cm³/mol. The van der Waals surface area contributed by atoms with Crippen LogP contribution in [0.2, 0.25) is 0 Å². The van der Waals surface area contributed by atoms with E-state index >= 15 is 0 Å². The number of fused-ring (bicyclic) bond motifs is 1. The Bertz CT molecular complexity index is 1230. The molecular weight excluding hydrogens is 438 g/mol. The van der Waals surface area contributed by atoms with E-state index in [9.17, 15) is 14.7 Å². The fraction of sp³-hybridized carbons (Fsp3) is 0.500. The molecule has 0 radical (unpaired) electrons. The molecule has 1 atom stereocenters. The van der Waals surface area contributed by atoms with Crippen molar-refractivity contribution in [2.45, 2.75) is 57.8 Å². The van der Waals surface area contributed by atoms with E-state index in [0.717, 1.165) is 11.4 Å². The molecule has 1 amide bonds. The first-order chi connectivity index (χ1) is 16.0. The van der Waals surface area contributed by atoms with Crippen LogP contribution in [0.25, 0.3) is 16.9 Å². The van der Waals surface area contributed by atoms with Crippen molar-refractivity contribution in [1.29, 1.82) is 0 Å². The van der Waals surface area contributed by atoms with Crippen LogP contribution in [0.5, 0.6) is 5.75 Å². The topological polar surface area (TPSA) is 112 Å². The predicted octanol–water partition coefficient (Wildman–Crippen LogP) is 2.91. The Balaban J connectivity index is 1.55. The highest BCUT2D eigenvalue weighted by atomic mass is 16.6. The van der Waals surface area contributed by atoms with Gasteiger partial charge in [-0.05, 0) is 64.8 Å². The molecular formula is C24H31N5O5. The van der Waals surface area contributed by atoms with Crippen LogP contribution in [0.4, 0.5) is 4.79 Å². The minimum absolute atomic E-state index is 0.222. The maximum Gasteiger partial charge on any atom is 0.410 e. The van der Waals surface area contributed by atoms with Gasteiger partial charge >= 0.3 is 6.09 Å². The number of amides is 1. The number of hydrogen-bond acceptors (Lipinski definition) is 7. The van der Waals surface area contributed by atoms with Gasteiger partial charge in [-0.15, -0.1) is 0 Å². The van der Waals surface area contributed by atoms with Gasteiger partial charge in [0, 0.05) is 18.8 Å². The molecule has 1 fully saturated rings. The third-order valence-electron chi connectivity index (χ3n) is 6.31. The van der Waals surface area contributed by atoms with Crippen molar-refractivity contribution < 1.29 is 19.4 Å². The van der Waals surface area contributed by atoms with Crippen molar-refractivity contribution in [1.82, 2.24) is 24.0 Å². The number of imidazole rings is 1.